The molecule has 1 aliphatic rings. The SMILES string of the molecule is CC(C)N(CCCC(=O)O)C(=O)N1CCC(C)(C(N)=O)C1. The largest absolute Gasteiger partial charge is 0.481 e. The molecule has 1 atom stereocenters. The number of rotatable bonds is 6. The van der Waals surface area contributed by atoms with Crippen LogP contribution in [0.25, 0.3) is 0 Å². The number of nitrogens with zero attached hydrogens (tertiary/aromatic N) is 2. The Kier molecular flexibility index (Phi) is 5.57. The first-order valence-corrected chi connectivity index (χ1v) is 7.24. The molecule has 0 aromatic heterocycles. The molecule has 7 nitrogen and oxygen atoms in total. The summed E-state index contributed by atoms with van der Waals surface area (Å²) in [6.07, 6.45) is 1.02. The molecule has 1 heterocycles. The number of amides is 3. The monoisotopic (exact) mass is 299 g/mol. The van der Waals surface area contributed by atoms with Gasteiger partial charge in [0.1, 0.15) is 0 Å². The fourth-order valence-electron chi connectivity index (χ4n) is 2.48. The lowest BCUT2D eigenvalue weighted by Crippen LogP contribution is -2.47. The van der Waals surface area contributed by atoms with Crippen LogP contribution in [0.2, 0.25) is 0 Å². The number of primary amides is 1. The maximum absolute atomic E-state index is 12.5. The van der Waals surface area contributed by atoms with Gasteiger partial charge in [-0.1, -0.05) is 0 Å². The van der Waals surface area contributed by atoms with Crippen molar-refractivity contribution in [3.63, 3.8) is 0 Å². The van der Waals surface area contributed by atoms with Crippen LogP contribution in [-0.2, 0) is 9.59 Å². The van der Waals surface area contributed by atoms with Gasteiger partial charge in [0.2, 0.25) is 5.91 Å². The molecule has 3 N–H and O–H groups in total. The van der Waals surface area contributed by atoms with Crippen LogP contribution in [0, 0.1) is 5.41 Å². The highest BCUT2D eigenvalue weighted by molar-refractivity contribution is 5.83. The average Bonchev–Trinajstić information content (AvgIpc) is 2.77. The zero-order valence-corrected chi connectivity index (χ0v) is 13.0. The molecular weight excluding hydrogens is 274 g/mol. The topological polar surface area (TPSA) is 104 Å². The van der Waals surface area contributed by atoms with Crippen LogP contribution in [0.4, 0.5) is 4.79 Å². The summed E-state index contributed by atoms with van der Waals surface area (Å²) in [5.74, 6) is -1.26. The van der Waals surface area contributed by atoms with Crippen molar-refractivity contribution < 1.29 is 19.5 Å². The van der Waals surface area contributed by atoms with E-state index in [2.05, 4.69) is 0 Å². The zero-order chi connectivity index (χ0) is 16.2. The van der Waals surface area contributed by atoms with Crippen molar-refractivity contribution in [2.75, 3.05) is 19.6 Å². The van der Waals surface area contributed by atoms with E-state index in [1.54, 1.807) is 16.7 Å². The van der Waals surface area contributed by atoms with Crippen LogP contribution in [0.3, 0.4) is 0 Å². The summed E-state index contributed by atoms with van der Waals surface area (Å²) in [6.45, 7) is 6.77. The first-order valence-electron chi connectivity index (χ1n) is 7.24. The predicted octanol–water partition coefficient (Wildman–Crippen LogP) is 0.879. The van der Waals surface area contributed by atoms with Gasteiger partial charge in [-0.25, -0.2) is 4.79 Å². The number of likely N-dealkylation sites (tertiary alicyclic amines) is 1. The summed E-state index contributed by atoms with van der Waals surface area (Å²) in [6, 6.07) is -0.174. The Morgan fingerprint density at radius 3 is 2.43 bits per heavy atom. The van der Waals surface area contributed by atoms with Crippen LogP contribution in [0.5, 0.6) is 0 Å². The maximum atomic E-state index is 12.5. The van der Waals surface area contributed by atoms with Gasteiger partial charge in [-0.05, 0) is 33.6 Å². The number of hydrogen-bond acceptors (Lipinski definition) is 3. The smallest absolute Gasteiger partial charge is 0.320 e. The Morgan fingerprint density at radius 2 is 2.00 bits per heavy atom. The van der Waals surface area contributed by atoms with E-state index < -0.39 is 11.4 Å². The molecule has 21 heavy (non-hydrogen) atoms. The first-order chi connectivity index (χ1) is 9.67. The molecule has 0 radical (unpaired) electrons. The van der Waals surface area contributed by atoms with Crippen molar-refractivity contribution in [2.45, 2.75) is 46.1 Å². The lowest BCUT2D eigenvalue weighted by atomic mass is 9.89. The molecular formula is C14H25N3O4. The Hall–Kier alpha value is -1.79. The van der Waals surface area contributed by atoms with E-state index in [-0.39, 0.29) is 24.4 Å². The van der Waals surface area contributed by atoms with Crippen LogP contribution >= 0.6 is 0 Å². The lowest BCUT2D eigenvalue weighted by Gasteiger charge is -2.32. The second-order valence-corrected chi connectivity index (χ2v) is 6.16. The molecule has 0 aliphatic carbocycles. The lowest BCUT2D eigenvalue weighted by molar-refractivity contribution is -0.137. The minimum atomic E-state index is -0.867. The molecule has 1 rings (SSSR count). The minimum Gasteiger partial charge on any atom is -0.481 e. The standard InChI is InChI=1S/C14H25N3O4/c1-10(2)17(7-4-5-11(18)19)13(21)16-8-6-14(3,9-16)12(15)20/h10H,4-9H2,1-3H3,(H2,15,20)(H,18,19). The minimum absolute atomic E-state index is 0.0215. The van der Waals surface area contributed by atoms with E-state index in [1.165, 1.54) is 0 Å². The second kappa shape index (κ2) is 6.78. The fraction of sp³-hybridized carbons (Fsp3) is 0.786. The number of nitrogens with two attached hydrogens (primary N) is 1. The van der Waals surface area contributed by atoms with Gasteiger partial charge in [0, 0.05) is 32.1 Å². The Labute approximate surface area is 125 Å². The normalized spacial score (nSPS) is 21.6. The third-order valence-corrected chi connectivity index (χ3v) is 4.00. The highest BCUT2D eigenvalue weighted by atomic mass is 16.4. The molecule has 3 amide bonds. The molecule has 0 aromatic carbocycles. The van der Waals surface area contributed by atoms with Crippen molar-refractivity contribution in [1.29, 1.82) is 0 Å². The van der Waals surface area contributed by atoms with E-state index in [0.717, 1.165) is 0 Å². The van der Waals surface area contributed by atoms with Gasteiger partial charge in [-0.3, -0.25) is 9.59 Å². The summed E-state index contributed by atoms with van der Waals surface area (Å²) < 4.78 is 0. The third kappa shape index (κ3) is 4.34. The van der Waals surface area contributed by atoms with Gasteiger partial charge in [0.05, 0.1) is 5.41 Å². The Morgan fingerprint density at radius 1 is 1.38 bits per heavy atom. The van der Waals surface area contributed by atoms with E-state index in [4.69, 9.17) is 10.8 Å². The fourth-order valence-corrected chi connectivity index (χ4v) is 2.48. The number of carboxylic acids is 1. The molecule has 120 valence electrons. The molecule has 0 aromatic rings. The van der Waals surface area contributed by atoms with Crippen LogP contribution in [-0.4, -0.2) is 58.5 Å². The number of carboxylic acid groups (broad SMARTS) is 1. The number of urea groups is 1. The molecule has 1 fully saturated rings. The van der Waals surface area contributed by atoms with Gasteiger partial charge in [-0.2, -0.15) is 0 Å². The molecule has 0 saturated carbocycles. The van der Waals surface area contributed by atoms with E-state index in [9.17, 15) is 14.4 Å². The summed E-state index contributed by atoms with van der Waals surface area (Å²) in [5.41, 5.74) is 4.72. The summed E-state index contributed by atoms with van der Waals surface area (Å²) in [5, 5.41) is 8.68. The molecule has 0 spiro atoms. The zero-order valence-electron chi connectivity index (χ0n) is 13.0. The van der Waals surface area contributed by atoms with Gasteiger partial charge in [0.25, 0.3) is 0 Å². The van der Waals surface area contributed by atoms with Crippen molar-refractivity contribution >= 4 is 17.9 Å². The molecule has 1 aliphatic heterocycles. The quantitative estimate of drug-likeness (QED) is 0.759. The highest BCUT2D eigenvalue weighted by Crippen LogP contribution is 2.30. The molecule has 1 unspecified atom stereocenters. The van der Waals surface area contributed by atoms with E-state index in [0.29, 0.717) is 32.5 Å². The van der Waals surface area contributed by atoms with Crippen molar-refractivity contribution in [3.8, 4) is 0 Å². The first kappa shape index (κ1) is 17.3. The molecule has 1 saturated heterocycles. The van der Waals surface area contributed by atoms with Crippen LogP contribution in [0.1, 0.15) is 40.0 Å². The molecule has 7 heteroatoms. The van der Waals surface area contributed by atoms with E-state index >= 15 is 0 Å². The predicted molar refractivity (Wildman–Crippen MR) is 77.6 cm³/mol. The second-order valence-electron chi connectivity index (χ2n) is 6.16. The van der Waals surface area contributed by atoms with E-state index in [1.807, 2.05) is 13.8 Å². The average molecular weight is 299 g/mol. The van der Waals surface area contributed by atoms with Crippen LogP contribution < -0.4 is 5.73 Å². The highest BCUT2D eigenvalue weighted by Gasteiger charge is 2.41. The Balaban J connectivity index is 2.65. The maximum Gasteiger partial charge on any atom is 0.320 e. The van der Waals surface area contributed by atoms with Crippen LogP contribution in [0.15, 0.2) is 0 Å². The van der Waals surface area contributed by atoms with Gasteiger partial charge in [-0.15, -0.1) is 0 Å². The summed E-state index contributed by atoms with van der Waals surface area (Å²) in [4.78, 5) is 37.8. The van der Waals surface area contributed by atoms with Gasteiger partial charge >= 0.3 is 12.0 Å². The summed E-state index contributed by atoms with van der Waals surface area (Å²) >= 11 is 0. The Bertz CT molecular complexity index is 424. The third-order valence-electron chi connectivity index (χ3n) is 4.00. The van der Waals surface area contributed by atoms with Crippen molar-refractivity contribution in [1.82, 2.24) is 9.80 Å². The number of carbonyl (C=O) groups is 3. The van der Waals surface area contributed by atoms with Crippen molar-refractivity contribution in [2.24, 2.45) is 11.1 Å². The number of hydrogen-bond donors (Lipinski definition) is 2. The number of carbonyl (C=O) groups excluding carboxylic acids is 2. The number of aliphatic carboxylic acids is 1. The van der Waals surface area contributed by atoms with Gasteiger partial charge in [0.15, 0.2) is 0 Å². The molecule has 0 bridgehead atoms. The summed E-state index contributed by atoms with van der Waals surface area (Å²) in [7, 11) is 0. The van der Waals surface area contributed by atoms with Gasteiger partial charge < -0.3 is 20.6 Å². The van der Waals surface area contributed by atoms with Crippen molar-refractivity contribution in [3.05, 3.63) is 0 Å².